The smallest absolute Gasteiger partial charge is 0.268 e. The van der Waals surface area contributed by atoms with E-state index in [0.717, 1.165) is 17.0 Å². The van der Waals surface area contributed by atoms with Crippen molar-refractivity contribution in [1.82, 2.24) is 9.88 Å². The number of nitriles is 1. The van der Waals surface area contributed by atoms with Crippen molar-refractivity contribution in [2.45, 2.75) is 31.2 Å². The maximum atomic E-state index is 13.4. The highest BCUT2D eigenvalue weighted by Crippen LogP contribution is 2.32. The van der Waals surface area contributed by atoms with E-state index in [4.69, 9.17) is 5.26 Å². The maximum absolute atomic E-state index is 13.4. The second kappa shape index (κ2) is 6.87. The van der Waals surface area contributed by atoms with Crippen LogP contribution in [0.15, 0.2) is 29.2 Å². The van der Waals surface area contributed by atoms with Gasteiger partial charge in [-0.2, -0.15) is 5.26 Å². The van der Waals surface area contributed by atoms with E-state index < -0.39 is 48.0 Å². The summed E-state index contributed by atoms with van der Waals surface area (Å²) in [5.41, 5.74) is -0.464. The molecule has 1 aliphatic rings. The zero-order valence-corrected chi connectivity index (χ0v) is 14.0. The topological polar surface area (TPSA) is 94.0 Å². The van der Waals surface area contributed by atoms with Gasteiger partial charge in [-0.15, -0.1) is 0 Å². The third kappa shape index (κ3) is 3.69. The van der Waals surface area contributed by atoms with Gasteiger partial charge in [-0.3, -0.25) is 14.4 Å². The first-order valence-corrected chi connectivity index (χ1v) is 8.13. The minimum absolute atomic E-state index is 0.00379. The molecule has 2 aromatic rings. The van der Waals surface area contributed by atoms with Crippen molar-refractivity contribution in [3.8, 4) is 6.07 Å². The average Bonchev–Trinajstić information content (AvgIpc) is 2.95. The van der Waals surface area contributed by atoms with Crippen LogP contribution in [-0.2, 0) is 4.79 Å². The van der Waals surface area contributed by atoms with E-state index in [-0.39, 0.29) is 29.2 Å². The van der Waals surface area contributed by atoms with E-state index in [1.165, 1.54) is 12.3 Å². The molecule has 0 spiro atoms. The molecule has 1 N–H and O–H groups in total. The van der Waals surface area contributed by atoms with E-state index in [9.17, 15) is 27.6 Å². The molecular formula is C18H14F3N3O3. The first-order valence-electron chi connectivity index (χ1n) is 8.13. The number of likely N-dealkylation sites (tertiary alicyclic amines) is 1. The molecule has 0 bridgehead atoms. The SMILES string of the molecule is N#C[C@@H]1CC(F)(F)CN1C(=O)CCC(=O)c1c[nH]c(=O)c2cc(F)ccc12. The number of alkyl halides is 2. The number of hydrogen-bond acceptors (Lipinski definition) is 4. The Kier molecular flexibility index (Phi) is 4.74. The molecule has 0 saturated carbocycles. The minimum Gasteiger partial charge on any atom is -0.328 e. The molecule has 0 aliphatic carbocycles. The third-order valence-corrected chi connectivity index (χ3v) is 4.47. The molecule has 6 nitrogen and oxygen atoms in total. The number of rotatable bonds is 4. The van der Waals surface area contributed by atoms with Gasteiger partial charge in [0.25, 0.3) is 11.5 Å². The van der Waals surface area contributed by atoms with Gasteiger partial charge in [0.1, 0.15) is 11.9 Å². The number of aromatic nitrogens is 1. The van der Waals surface area contributed by atoms with E-state index in [0.29, 0.717) is 0 Å². The lowest BCUT2D eigenvalue weighted by atomic mass is 10.0. The fourth-order valence-corrected chi connectivity index (χ4v) is 3.16. The molecular weight excluding hydrogens is 363 g/mol. The number of pyridine rings is 1. The Balaban J connectivity index is 1.76. The number of nitrogens with zero attached hydrogens (tertiary/aromatic N) is 2. The number of amides is 1. The summed E-state index contributed by atoms with van der Waals surface area (Å²) in [7, 11) is 0. The minimum atomic E-state index is -3.13. The number of aromatic amines is 1. The molecule has 9 heteroatoms. The van der Waals surface area contributed by atoms with Gasteiger partial charge < -0.3 is 9.88 Å². The van der Waals surface area contributed by atoms with Crippen LogP contribution in [-0.4, -0.2) is 40.1 Å². The van der Waals surface area contributed by atoms with Crippen molar-refractivity contribution < 1.29 is 22.8 Å². The molecule has 140 valence electrons. The first kappa shape index (κ1) is 18.6. The number of carbonyl (C=O) groups excluding carboxylic acids is 2. The summed E-state index contributed by atoms with van der Waals surface area (Å²) in [6.45, 7) is -0.848. The van der Waals surface area contributed by atoms with Crippen LogP contribution in [0.2, 0.25) is 0 Å². The Morgan fingerprint density at radius 3 is 2.74 bits per heavy atom. The van der Waals surface area contributed by atoms with Crippen LogP contribution in [0.5, 0.6) is 0 Å². The lowest BCUT2D eigenvalue weighted by Gasteiger charge is -2.18. The second-order valence-electron chi connectivity index (χ2n) is 6.37. The van der Waals surface area contributed by atoms with Crippen molar-refractivity contribution in [3.05, 3.63) is 46.1 Å². The number of halogens is 3. The van der Waals surface area contributed by atoms with Crippen molar-refractivity contribution in [2.75, 3.05) is 6.54 Å². The Morgan fingerprint density at radius 1 is 1.30 bits per heavy atom. The fourth-order valence-electron chi connectivity index (χ4n) is 3.16. The number of benzene rings is 1. The third-order valence-electron chi connectivity index (χ3n) is 4.47. The number of nitrogens with one attached hydrogen (secondary N) is 1. The molecule has 1 saturated heterocycles. The van der Waals surface area contributed by atoms with Gasteiger partial charge in [-0.1, -0.05) is 6.07 Å². The molecule has 1 aliphatic heterocycles. The summed E-state index contributed by atoms with van der Waals surface area (Å²) in [4.78, 5) is 39.5. The lowest BCUT2D eigenvalue weighted by Crippen LogP contribution is -2.36. The highest BCUT2D eigenvalue weighted by molar-refractivity contribution is 6.08. The van der Waals surface area contributed by atoms with Gasteiger partial charge in [0.15, 0.2) is 5.78 Å². The van der Waals surface area contributed by atoms with E-state index >= 15 is 0 Å². The van der Waals surface area contributed by atoms with Crippen LogP contribution >= 0.6 is 0 Å². The molecule has 1 atom stereocenters. The molecule has 1 aromatic carbocycles. The van der Waals surface area contributed by atoms with Gasteiger partial charge in [-0.25, -0.2) is 13.2 Å². The molecule has 1 aromatic heterocycles. The highest BCUT2D eigenvalue weighted by Gasteiger charge is 2.47. The quantitative estimate of drug-likeness (QED) is 0.828. The number of fused-ring (bicyclic) bond motifs is 1. The molecule has 2 heterocycles. The largest absolute Gasteiger partial charge is 0.328 e. The molecule has 1 fully saturated rings. The number of Topliss-reactive ketones (excluding diaryl/α,β-unsaturated/α-hetero) is 1. The Hall–Kier alpha value is -3.15. The Morgan fingerprint density at radius 2 is 2.04 bits per heavy atom. The fraction of sp³-hybridized carbons (Fsp3) is 0.333. The maximum Gasteiger partial charge on any atom is 0.268 e. The second-order valence-corrected chi connectivity index (χ2v) is 6.37. The van der Waals surface area contributed by atoms with Crippen LogP contribution in [0.4, 0.5) is 13.2 Å². The van der Waals surface area contributed by atoms with Gasteiger partial charge >= 0.3 is 0 Å². The summed E-state index contributed by atoms with van der Waals surface area (Å²) >= 11 is 0. The van der Waals surface area contributed by atoms with Crippen molar-refractivity contribution in [1.29, 1.82) is 5.26 Å². The molecule has 0 radical (unpaired) electrons. The van der Waals surface area contributed by atoms with E-state index in [1.807, 2.05) is 0 Å². The van der Waals surface area contributed by atoms with E-state index in [2.05, 4.69) is 4.98 Å². The lowest BCUT2D eigenvalue weighted by molar-refractivity contribution is -0.132. The van der Waals surface area contributed by atoms with Crippen LogP contribution in [0.25, 0.3) is 10.8 Å². The number of hydrogen-bond donors (Lipinski definition) is 1. The van der Waals surface area contributed by atoms with Gasteiger partial charge in [0.2, 0.25) is 5.91 Å². The molecule has 3 rings (SSSR count). The Labute approximate surface area is 151 Å². The summed E-state index contributed by atoms with van der Waals surface area (Å²) in [6.07, 6.45) is -0.191. The van der Waals surface area contributed by atoms with Crippen LogP contribution < -0.4 is 5.56 Å². The Bertz CT molecular complexity index is 1030. The van der Waals surface area contributed by atoms with Crippen molar-refractivity contribution in [3.63, 3.8) is 0 Å². The average molecular weight is 377 g/mol. The summed E-state index contributed by atoms with van der Waals surface area (Å²) in [5.74, 6) is -4.98. The first-order chi connectivity index (χ1) is 12.7. The summed E-state index contributed by atoms with van der Waals surface area (Å²) in [5, 5.41) is 9.16. The van der Waals surface area contributed by atoms with Gasteiger partial charge in [-0.05, 0) is 17.5 Å². The normalized spacial score (nSPS) is 18.4. The number of H-pyrrole nitrogens is 1. The van der Waals surface area contributed by atoms with Crippen LogP contribution in [0, 0.1) is 17.1 Å². The zero-order chi connectivity index (χ0) is 19.8. The zero-order valence-electron chi connectivity index (χ0n) is 14.0. The highest BCUT2D eigenvalue weighted by atomic mass is 19.3. The predicted octanol–water partition coefficient (Wildman–Crippen LogP) is 2.39. The standard InChI is InChI=1S/C18H14F3N3O3/c19-10-1-2-12-13(5-10)17(27)23-8-14(12)15(25)3-4-16(26)24-9-18(20,21)6-11(24)7-22/h1-2,5,8,11H,3-4,6,9H2,(H,23,27)/t11-/m0/s1. The molecule has 0 unspecified atom stereocenters. The predicted molar refractivity (Wildman–Crippen MR) is 88.8 cm³/mol. The van der Waals surface area contributed by atoms with Crippen molar-refractivity contribution >= 4 is 22.5 Å². The van der Waals surface area contributed by atoms with Crippen LogP contribution in [0.3, 0.4) is 0 Å². The summed E-state index contributed by atoms with van der Waals surface area (Å²) in [6, 6.07) is 3.85. The monoisotopic (exact) mass is 377 g/mol. The van der Waals surface area contributed by atoms with Crippen molar-refractivity contribution in [2.24, 2.45) is 0 Å². The summed E-state index contributed by atoms with van der Waals surface area (Å²) < 4.78 is 40.2. The number of ketones is 1. The molecule has 27 heavy (non-hydrogen) atoms. The van der Waals surface area contributed by atoms with Gasteiger partial charge in [0.05, 0.1) is 18.0 Å². The van der Waals surface area contributed by atoms with E-state index in [1.54, 1.807) is 6.07 Å². The van der Waals surface area contributed by atoms with Crippen LogP contribution in [0.1, 0.15) is 29.6 Å². The number of carbonyl (C=O) groups is 2. The molecule has 1 amide bonds. The van der Waals surface area contributed by atoms with Gasteiger partial charge in [0, 0.05) is 31.0 Å².